The summed E-state index contributed by atoms with van der Waals surface area (Å²) in [6, 6.07) is 5.08. The minimum atomic E-state index is -0.790. The van der Waals surface area contributed by atoms with Crippen LogP contribution in [-0.4, -0.2) is 18.2 Å². The van der Waals surface area contributed by atoms with Crippen molar-refractivity contribution in [2.45, 2.75) is 53.6 Å². The summed E-state index contributed by atoms with van der Waals surface area (Å²) in [6.45, 7) is 12.2. The van der Waals surface area contributed by atoms with Crippen LogP contribution in [0.2, 0.25) is 0 Å². The van der Waals surface area contributed by atoms with Gasteiger partial charge in [-0.25, -0.2) is 4.39 Å². The molecule has 0 fully saturated rings. The highest BCUT2D eigenvalue weighted by Gasteiger charge is 2.18. The zero-order valence-electron chi connectivity index (χ0n) is 14.1. The smallest absolute Gasteiger partial charge is 0.131 e. The van der Waals surface area contributed by atoms with Gasteiger partial charge in [0.05, 0.1) is 6.10 Å². The third-order valence-corrected chi connectivity index (χ3v) is 3.74. The lowest BCUT2D eigenvalue weighted by Gasteiger charge is -2.29. The summed E-state index contributed by atoms with van der Waals surface area (Å²) in [5, 5.41) is 9.92. The molecule has 2 nitrogen and oxygen atoms in total. The van der Waals surface area contributed by atoms with Crippen LogP contribution < -0.4 is 4.90 Å². The van der Waals surface area contributed by atoms with E-state index >= 15 is 0 Å². The maximum absolute atomic E-state index is 14.1. The van der Waals surface area contributed by atoms with E-state index in [1.54, 1.807) is 13.0 Å². The Bertz CT molecular complexity index is 417. The van der Waals surface area contributed by atoms with Gasteiger partial charge in [0.15, 0.2) is 0 Å². The molecule has 0 saturated heterocycles. The summed E-state index contributed by atoms with van der Waals surface area (Å²) in [5.41, 5.74) is 1.26. The van der Waals surface area contributed by atoms with E-state index in [-0.39, 0.29) is 5.82 Å². The van der Waals surface area contributed by atoms with E-state index in [2.05, 4.69) is 32.6 Å². The molecule has 0 aliphatic rings. The fraction of sp³-hybridized carbons (Fsp3) is 0.667. The third kappa shape index (κ3) is 5.66. The fourth-order valence-electron chi connectivity index (χ4n) is 2.40. The van der Waals surface area contributed by atoms with E-state index in [0.717, 1.165) is 31.6 Å². The number of anilines is 1. The lowest BCUT2D eigenvalue weighted by atomic mass is 10.0. The molecule has 0 heterocycles. The van der Waals surface area contributed by atoms with Crippen molar-refractivity contribution in [2.75, 3.05) is 18.0 Å². The first-order valence-corrected chi connectivity index (χ1v) is 8.04. The Hall–Kier alpha value is -1.09. The van der Waals surface area contributed by atoms with Gasteiger partial charge < -0.3 is 10.0 Å². The van der Waals surface area contributed by atoms with Gasteiger partial charge >= 0.3 is 0 Å². The first-order valence-electron chi connectivity index (χ1n) is 8.04. The zero-order chi connectivity index (χ0) is 16.0. The molecular formula is C18H30FNO. The van der Waals surface area contributed by atoms with Gasteiger partial charge in [0.2, 0.25) is 0 Å². The van der Waals surface area contributed by atoms with Crippen LogP contribution in [-0.2, 0) is 0 Å². The highest BCUT2D eigenvalue weighted by atomic mass is 19.1. The summed E-state index contributed by atoms with van der Waals surface area (Å²) in [6.07, 6.45) is 1.34. The predicted molar refractivity (Wildman–Crippen MR) is 88.2 cm³/mol. The number of nitrogens with zero attached hydrogens (tertiary/aromatic N) is 1. The lowest BCUT2D eigenvalue weighted by molar-refractivity contribution is 0.194. The molecule has 0 radical (unpaired) electrons. The molecule has 0 unspecified atom stereocenters. The largest absolute Gasteiger partial charge is 0.389 e. The number of benzene rings is 1. The van der Waals surface area contributed by atoms with Gasteiger partial charge in [-0.3, -0.25) is 0 Å². The van der Waals surface area contributed by atoms with E-state index in [1.807, 2.05) is 6.07 Å². The van der Waals surface area contributed by atoms with Crippen LogP contribution in [0.1, 0.15) is 59.1 Å². The molecule has 120 valence electrons. The van der Waals surface area contributed by atoms with Crippen LogP contribution in [0.4, 0.5) is 10.1 Å². The van der Waals surface area contributed by atoms with Crippen molar-refractivity contribution in [1.29, 1.82) is 0 Å². The van der Waals surface area contributed by atoms with Crippen molar-refractivity contribution in [3.05, 3.63) is 29.6 Å². The molecule has 0 spiro atoms. The van der Waals surface area contributed by atoms with Crippen LogP contribution in [0.5, 0.6) is 0 Å². The van der Waals surface area contributed by atoms with Crippen molar-refractivity contribution in [2.24, 2.45) is 11.8 Å². The standard InChI is InChI=1S/C18H30FNO/c1-13(2)9-11-20(12-10-14(3)4)17-8-6-7-16(19)18(17)15(5)21/h6-8,13-15,21H,9-12H2,1-5H3/t15-/m1/s1. The van der Waals surface area contributed by atoms with Crippen molar-refractivity contribution in [3.8, 4) is 0 Å². The van der Waals surface area contributed by atoms with Gasteiger partial charge in [0.1, 0.15) is 5.82 Å². The first-order chi connectivity index (χ1) is 9.82. The molecule has 0 aromatic heterocycles. The maximum Gasteiger partial charge on any atom is 0.131 e. The van der Waals surface area contributed by atoms with E-state index in [4.69, 9.17) is 0 Å². The number of rotatable bonds is 8. The van der Waals surface area contributed by atoms with Gasteiger partial charge in [-0.2, -0.15) is 0 Å². The molecule has 3 heteroatoms. The normalized spacial score (nSPS) is 13.0. The van der Waals surface area contributed by atoms with Crippen LogP contribution in [0.3, 0.4) is 0 Å². The molecule has 0 amide bonds. The fourth-order valence-corrected chi connectivity index (χ4v) is 2.40. The maximum atomic E-state index is 14.1. The molecule has 21 heavy (non-hydrogen) atoms. The molecule has 0 saturated carbocycles. The van der Waals surface area contributed by atoms with E-state index in [0.29, 0.717) is 17.4 Å². The summed E-state index contributed by atoms with van der Waals surface area (Å²) < 4.78 is 14.1. The molecule has 0 aliphatic heterocycles. The first kappa shape index (κ1) is 18.0. The highest BCUT2D eigenvalue weighted by molar-refractivity contribution is 5.55. The molecular weight excluding hydrogens is 265 g/mol. The number of hydrogen-bond acceptors (Lipinski definition) is 2. The minimum Gasteiger partial charge on any atom is -0.389 e. The second kappa shape index (κ2) is 8.38. The molecule has 0 aliphatic carbocycles. The topological polar surface area (TPSA) is 23.5 Å². The molecule has 1 rings (SSSR count). The Labute approximate surface area is 129 Å². The Balaban J connectivity index is 3.03. The molecule has 0 bridgehead atoms. The van der Waals surface area contributed by atoms with E-state index in [1.165, 1.54) is 6.07 Å². The number of aliphatic hydroxyl groups is 1. The van der Waals surface area contributed by atoms with Crippen LogP contribution in [0, 0.1) is 17.7 Å². The van der Waals surface area contributed by atoms with Gasteiger partial charge in [0.25, 0.3) is 0 Å². The third-order valence-electron chi connectivity index (χ3n) is 3.74. The average molecular weight is 295 g/mol. The van der Waals surface area contributed by atoms with Gasteiger partial charge in [-0.15, -0.1) is 0 Å². The summed E-state index contributed by atoms with van der Waals surface area (Å²) in [5.74, 6) is 0.895. The summed E-state index contributed by atoms with van der Waals surface area (Å²) in [4.78, 5) is 2.23. The highest BCUT2D eigenvalue weighted by Crippen LogP contribution is 2.30. The quantitative estimate of drug-likeness (QED) is 0.746. The van der Waals surface area contributed by atoms with Crippen molar-refractivity contribution in [3.63, 3.8) is 0 Å². The number of halogens is 1. The molecule has 1 N–H and O–H groups in total. The van der Waals surface area contributed by atoms with Crippen molar-refractivity contribution >= 4 is 5.69 Å². The van der Waals surface area contributed by atoms with Crippen molar-refractivity contribution < 1.29 is 9.50 Å². The number of aliphatic hydroxyl groups excluding tert-OH is 1. The second-order valence-electron chi connectivity index (χ2n) is 6.70. The van der Waals surface area contributed by atoms with Gasteiger partial charge in [-0.1, -0.05) is 33.8 Å². The van der Waals surface area contributed by atoms with Gasteiger partial charge in [-0.05, 0) is 43.7 Å². The average Bonchev–Trinajstić information content (AvgIpc) is 2.37. The van der Waals surface area contributed by atoms with Crippen LogP contribution >= 0.6 is 0 Å². The molecule has 1 atom stereocenters. The Kier molecular flexibility index (Phi) is 7.16. The molecule has 1 aromatic carbocycles. The Morgan fingerprint density at radius 2 is 1.52 bits per heavy atom. The summed E-state index contributed by atoms with van der Waals surface area (Å²) in [7, 11) is 0. The Morgan fingerprint density at radius 1 is 1.00 bits per heavy atom. The van der Waals surface area contributed by atoms with E-state index in [9.17, 15) is 9.50 Å². The predicted octanol–water partition coefficient (Wildman–Crippen LogP) is 4.78. The Morgan fingerprint density at radius 3 is 1.95 bits per heavy atom. The minimum absolute atomic E-state index is 0.318. The van der Waals surface area contributed by atoms with E-state index < -0.39 is 6.10 Å². The van der Waals surface area contributed by atoms with Crippen LogP contribution in [0.25, 0.3) is 0 Å². The zero-order valence-corrected chi connectivity index (χ0v) is 14.1. The monoisotopic (exact) mass is 295 g/mol. The van der Waals surface area contributed by atoms with Gasteiger partial charge in [0, 0.05) is 24.3 Å². The SMILES string of the molecule is CC(C)CCN(CCC(C)C)c1cccc(F)c1[C@@H](C)O. The van der Waals surface area contributed by atoms with Crippen molar-refractivity contribution in [1.82, 2.24) is 0 Å². The number of hydrogen-bond donors (Lipinski definition) is 1. The lowest BCUT2D eigenvalue weighted by Crippen LogP contribution is -2.29. The molecule has 1 aromatic rings. The second-order valence-corrected chi connectivity index (χ2v) is 6.70. The summed E-state index contributed by atoms with van der Waals surface area (Å²) >= 11 is 0. The van der Waals surface area contributed by atoms with Crippen LogP contribution in [0.15, 0.2) is 18.2 Å².